The van der Waals surface area contributed by atoms with Crippen LogP contribution in [0.15, 0.2) is 16.7 Å². The van der Waals surface area contributed by atoms with Gasteiger partial charge < -0.3 is 9.64 Å². The van der Waals surface area contributed by atoms with E-state index in [-0.39, 0.29) is 0 Å². The zero-order valence-corrected chi connectivity index (χ0v) is 11.9. The van der Waals surface area contributed by atoms with Crippen molar-refractivity contribution in [1.82, 2.24) is 4.98 Å². The van der Waals surface area contributed by atoms with Crippen LogP contribution in [-0.2, 0) is 4.74 Å². The first kappa shape index (κ1) is 13.5. The lowest BCUT2D eigenvalue weighted by molar-refractivity contribution is 0.181. The van der Waals surface area contributed by atoms with E-state index in [0.717, 1.165) is 16.8 Å². The molecule has 0 amide bonds. The normalized spacial score (nSPS) is 12.6. The van der Waals surface area contributed by atoms with Gasteiger partial charge in [-0.1, -0.05) is 0 Å². The van der Waals surface area contributed by atoms with E-state index in [2.05, 4.69) is 52.7 Å². The van der Waals surface area contributed by atoms with E-state index in [0.29, 0.717) is 12.6 Å². The lowest BCUT2D eigenvalue weighted by Gasteiger charge is -2.28. The number of pyridine rings is 1. The average molecular weight is 287 g/mol. The van der Waals surface area contributed by atoms with Crippen molar-refractivity contribution in [3.05, 3.63) is 22.3 Å². The molecule has 90 valence electrons. The molecule has 1 atom stereocenters. The average Bonchev–Trinajstić information content (AvgIpc) is 2.25. The maximum atomic E-state index is 5.18. The second kappa shape index (κ2) is 6.21. The summed E-state index contributed by atoms with van der Waals surface area (Å²) in [6, 6.07) is 2.43. The molecule has 0 aliphatic carbocycles. The van der Waals surface area contributed by atoms with Gasteiger partial charge in [0.15, 0.2) is 0 Å². The van der Waals surface area contributed by atoms with Crippen LogP contribution < -0.4 is 4.90 Å². The SMILES string of the molecule is CCN(c1cc(C)c(Br)cn1)C(C)COC. The predicted octanol–water partition coefficient (Wildman–Crippen LogP) is 3.01. The molecular weight excluding hydrogens is 268 g/mol. The molecule has 0 radical (unpaired) electrons. The van der Waals surface area contributed by atoms with Crippen molar-refractivity contribution in [2.75, 3.05) is 25.2 Å². The molecule has 1 rings (SSSR count). The minimum absolute atomic E-state index is 0.336. The number of nitrogens with zero attached hydrogens (tertiary/aromatic N) is 2. The summed E-state index contributed by atoms with van der Waals surface area (Å²) >= 11 is 3.46. The number of methoxy groups -OCH3 is 1. The summed E-state index contributed by atoms with van der Waals surface area (Å²) < 4.78 is 6.23. The van der Waals surface area contributed by atoms with Gasteiger partial charge >= 0.3 is 0 Å². The Labute approximate surface area is 106 Å². The Morgan fingerprint density at radius 3 is 2.75 bits per heavy atom. The van der Waals surface area contributed by atoms with E-state index >= 15 is 0 Å². The summed E-state index contributed by atoms with van der Waals surface area (Å²) in [5.74, 6) is 1.01. The van der Waals surface area contributed by atoms with Gasteiger partial charge in [-0.05, 0) is 48.3 Å². The monoisotopic (exact) mass is 286 g/mol. The van der Waals surface area contributed by atoms with E-state index in [1.54, 1.807) is 7.11 Å². The molecule has 16 heavy (non-hydrogen) atoms. The molecule has 1 aromatic rings. The van der Waals surface area contributed by atoms with Gasteiger partial charge in [0, 0.05) is 24.3 Å². The molecule has 0 aliphatic heterocycles. The molecule has 0 spiro atoms. The van der Waals surface area contributed by atoms with Crippen LogP contribution in [0, 0.1) is 6.92 Å². The summed E-state index contributed by atoms with van der Waals surface area (Å²) in [5.41, 5.74) is 1.20. The Bertz CT molecular complexity index is 344. The van der Waals surface area contributed by atoms with E-state index in [1.165, 1.54) is 5.56 Å². The molecule has 0 saturated carbocycles. The summed E-state index contributed by atoms with van der Waals surface area (Å²) in [7, 11) is 1.73. The molecule has 0 saturated heterocycles. The number of anilines is 1. The number of hydrogen-bond acceptors (Lipinski definition) is 3. The maximum absolute atomic E-state index is 5.18. The van der Waals surface area contributed by atoms with Crippen molar-refractivity contribution in [2.45, 2.75) is 26.8 Å². The second-order valence-corrected chi connectivity index (χ2v) is 4.74. The zero-order chi connectivity index (χ0) is 12.1. The first-order valence-corrected chi connectivity index (χ1v) is 6.27. The van der Waals surface area contributed by atoms with Gasteiger partial charge in [-0.25, -0.2) is 4.98 Å². The molecule has 1 aromatic heterocycles. The lowest BCUT2D eigenvalue weighted by atomic mass is 10.2. The minimum atomic E-state index is 0.336. The quantitative estimate of drug-likeness (QED) is 0.832. The number of aryl methyl sites for hydroxylation is 1. The highest BCUT2D eigenvalue weighted by molar-refractivity contribution is 9.10. The largest absolute Gasteiger partial charge is 0.383 e. The summed E-state index contributed by atoms with van der Waals surface area (Å²) in [4.78, 5) is 6.68. The highest BCUT2D eigenvalue weighted by atomic mass is 79.9. The van der Waals surface area contributed by atoms with E-state index in [1.807, 2.05) is 6.20 Å². The zero-order valence-electron chi connectivity index (χ0n) is 10.3. The van der Waals surface area contributed by atoms with Crippen LogP contribution in [0.5, 0.6) is 0 Å². The molecule has 0 aromatic carbocycles. The molecular formula is C12H19BrN2O. The van der Waals surface area contributed by atoms with Gasteiger partial charge in [0.25, 0.3) is 0 Å². The van der Waals surface area contributed by atoms with Crippen molar-refractivity contribution >= 4 is 21.7 Å². The minimum Gasteiger partial charge on any atom is -0.383 e. The first-order valence-electron chi connectivity index (χ1n) is 5.47. The van der Waals surface area contributed by atoms with Crippen LogP contribution in [0.4, 0.5) is 5.82 Å². The molecule has 1 heterocycles. The van der Waals surface area contributed by atoms with Crippen LogP contribution in [0.25, 0.3) is 0 Å². The van der Waals surface area contributed by atoms with Crippen LogP contribution >= 0.6 is 15.9 Å². The highest BCUT2D eigenvalue weighted by Crippen LogP contribution is 2.21. The van der Waals surface area contributed by atoms with Crippen LogP contribution in [0.2, 0.25) is 0 Å². The Morgan fingerprint density at radius 1 is 1.56 bits per heavy atom. The fraction of sp³-hybridized carbons (Fsp3) is 0.583. The Hall–Kier alpha value is -0.610. The fourth-order valence-electron chi connectivity index (χ4n) is 1.71. The number of likely N-dealkylation sites (N-methyl/N-ethyl adjacent to an activating group) is 1. The standard InChI is InChI=1S/C12H19BrN2O/c1-5-15(10(3)8-16-4)12-6-9(2)11(13)7-14-12/h6-7,10H,5,8H2,1-4H3. The highest BCUT2D eigenvalue weighted by Gasteiger charge is 2.14. The number of hydrogen-bond donors (Lipinski definition) is 0. The Morgan fingerprint density at radius 2 is 2.25 bits per heavy atom. The van der Waals surface area contributed by atoms with E-state index in [9.17, 15) is 0 Å². The maximum Gasteiger partial charge on any atom is 0.129 e. The molecule has 0 bridgehead atoms. The predicted molar refractivity (Wildman–Crippen MR) is 71.0 cm³/mol. The van der Waals surface area contributed by atoms with Crippen LogP contribution in [0.3, 0.4) is 0 Å². The first-order chi connectivity index (χ1) is 7.60. The Kier molecular flexibility index (Phi) is 5.22. The van der Waals surface area contributed by atoms with Gasteiger partial charge in [-0.15, -0.1) is 0 Å². The van der Waals surface area contributed by atoms with Gasteiger partial charge in [0.05, 0.1) is 12.6 Å². The van der Waals surface area contributed by atoms with Gasteiger partial charge in [0.2, 0.25) is 0 Å². The molecule has 3 nitrogen and oxygen atoms in total. The number of rotatable bonds is 5. The summed E-state index contributed by atoms with van der Waals surface area (Å²) in [6.45, 7) is 7.99. The van der Waals surface area contributed by atoms with Gasteiger partial charge in [-0.3, -0.25) is 0 Å². The van der Waals surface area contributed by atoms with Crippen LogP contribution in [-0.4, -0.2) is 31.3 Å². The Balaban J connectivity index is 2.90. The smallest absolute Gasteiger partial charge is 0.129 e. The van der Waals surface area contributed by atoms with Gasteiger partial charge in [-0.2, -0.15) is 0 Å². The molecule has 0 aliphatic rings. The van der Waals surface area contributed by atoms with E-state index < -0.39 is 0 Å². The number of ether oxygens (including phenoxy) is 1. The number of halogens is 1. The van der Waals surface area contributed by atoms with Crippen molar-refractivity contribution in [2.24, 2.45) is 0 Å². The van der Waals surface area contributed by atoms with E-state index in [4.69, 9.17) is 4.74 Å². The summed E-state index contributed by atoms with van der Waals surface area (Å²) in [6.07, 6.45) is 1.85. The third kappa shape index (κ3) is 3.19. The topological polar surface area (TPSA) is 25.4 Å². The van der Waals surface area contributed by atoms with Crippen molar-refractivity contribution in [3.8, 4) is 0 Å². The number of aromatic nitrogens is 1. The molecule has 0 fully saturated rings. The van der Waals surface area contributed by atoms with Crippen molar-refractivity contribution in [1.29, 1.82) is 0 Å². The second-order valence-electron chi connectivity index (χ2n) is 3.88. The molecule has 0 N–H and O–H groups in total. The third-order valence-corrected chi connectivity index (χ3v) is 3.44. The third-order valence-electron chi connectivity index (χ3n) is 2.61. The van der Waals surface area contributed by atoms with Crippen molar-refractivity contribution in [3.63, 3.8) is 0 Å². The summed E-state index contributed by atoms with van der Waals surface area (Å²) in [5, 5.41) is 0. The van der Waals surface area contributed by atoms with Crippen LogP contribution in [0.1, 0.15) is 19.4 Å². The van der Waals surface area contributed by atoms with Crippen molar-refractivity contribution < 1.29 is 4.74 Å². The lowest BCUT2D eigenvalue weighted by Crippen LogP contribution is -2.36. The van der Waals surface area contributed by atoms with Gasteiger partial charge in [0.1, 0.15) is 5.82 Å². The molecule has 4 heteroatoms. The fourth-order valence-corrected chi connectivity index (χ4v) is 1.93. The molecule has 1 unspecified atom stereocenters.